The molecule has 21 aromatic carbocycles. The van der Waals surface area contributed by atoms with Crippen molar-refractivity contribution in [2.45, 2.75) is 0 Å². The van der Waals surface area contributed by atoms with Crippen LogP contribution in [0.15, 0.2) is 510 Å². The maximum Gasteiger partial charge on any atom is 0.164 e. The summed E-state index contributed by atoms with van der Waals surface area (Å²) in [5, 5.41) is 34.8. The van der Waals surface area contributed by atoms with Gasteiger partial charge in [-0.05, 0) is 181 Å². The summed E-state index contributed by atoms with van der Waals surface area (Å²) in [6.07, 6.45) is 0. The average Bonchev–Trinajstić information content (AvgIpc) is 0.738. The number of fused-ring (bicyclic) bond motifs is 3. The van der Waals surface area contributed by atoms with Crippen LogP contribution in [-0.4, -0.2) is 44.9 Å². The third kappa shape index (κ3) is 19.3. The fourth-order valence-electron chi connectivity index (χ4n) is 18.4. The zero-order valence-electron chi connectivity index (χ0n) is 77.9. The molecule has 0 spiro atoms. The Morgan fingerprint density at radius 3 is 0.688 bits per heavy atom. The number of nitriles is 3. The average molecular weight is 1840 g/mol. The Labute approximate surface area is 834 Å². The largest absolute Gasteiger partial charge is 0.208 e. The van der Waals surface area contributed by atoms with E-state index in [0.717, 1.165) is 134 Å². The minimum atomic E-state index is 0.628. The first-order valence-corrected chi connectivity index (χ1v) is 47.5. The SMILES string of the molecule is N#Cc1ccc(-c2ccc(-c3ccc(-c4cccc(-c5nc(-c6ccccc6)nc(-c6ccccc6)n5)c4)c4ccccc34)cc2)cc1.N#Cc1ccc(-c2ccc(-c3ccc(-c4cccc(-c5nc(-c6ccccc6)nc(-c6ccccc6)n5)c4)cc3)c3ccccc23)cc1.N#Cc1cccc(-c2ccc(-c3ccc4ccccc4c3-c3ccc(-c4nc(-c5ccccc5)nc(-c5ccccc5)n4)cc3)cc2)c1. The molecule has 3 heterocycles. The van der Waals surface area contributed by atoms with Crippen molar-refractivity contribution in [3.05, 3.63) is 526 Å². The molecule has 0 unspecified atom stereocenters. The third-order valence-corrected chi connectivity index (χ3v) is 25.8. The first-order chi connectivity index (χ1) is 71.2. The Bertz CT molecular complexity index is 8780. The molecule has 672 valence electrons. The molecule has 0 saturated heterocycles. The molecule has 3 aromatic heterocycles. The molecular formula is C132H84N12. The van der Waals surface area contributed by atoms with Gasteiger partial charge >= 0.3 is 0 Å². The second kappa shape index (κ2) is 41.1. The molecule has 144 heavy (non-hydrogen) atoms. The molecule has 0 radical (unpaired) electrons. The van der Waals surface area contributed by atoms with Gasteiger partial charge in [-0.25, -0.2) is 44.9 Å². The minimum Gasteiger partial charge on any atom is -0.208 e. The van der Waals surface area contributed by atoms with Crippen molar-refractivity contribution in [2.75, 3.05) is 0 Å². The van der Waals surface area contributed by atoms with Crippen LogP contribution in [0.3, 0.4) is 0 Å². The first-order valence-electron chi connectivity index (χ1n) is 47.5. The van der Waals surface area contributed by atoms with Crippen molar-refractivity contribution in [1.29, 1.82) is 15.8 Å². The van der Waals surface area contributed by atoms with Gasteiger partial charge in [0.05, 0.1) is 34.9 Å². The lowest BCUT2D eigenvalue weighted by Crippen LogP contribution is -2.00. The predicted molar refractivity (Wildman–Crippen MR) is 584 cm³/mol. The molecule has 0 N–H and O–H groups in total. The van der Waals surface area contributed by atoms with Crippen LogP contribution < -0.4 is 0 Å². The molecular weight excluding hydrogens is 1750 g/mol. The minimum absolute atomic E-state index is 0.628. The molecule has 0 aliphatic carbocycles. The lowest BCUT2D eigenvalue weighted by atomic mass is 9.89. The second-order valence-electron chi connectivity index (χ2n) is 34.8. The Hall–Kier alpha value is -20.1. The van der Waals surface area contributed by atoms with Crippen molar-refractivity contribution in [1.82, 2.24) is 44.9 Å². The Morgan fingerprint density at radius 2 is 0.340 bits per heavy atom. The maximum absolute atomic E-state index is 9.37. The van der Waals surface area contributed by atoms with E-state index in [1.165, 1.54) is 49.0 Å². The lowest BCUT2D eigenvalue weighted by molar-refractivity contribution is 1.07. The maximum atomic E-state index is 9.37. The van der Waals surface area contributed by atoms with Crippen molar-refractivity contribution in [2.24, 2.45) is 0 Å². The van der Waals surface area contributed by atoms with Crippen LogP contribution in [0, 0.1) is 34.0 Å². The van der Waals surface area contributed by atoms with E-state index in [1.54, 1.807) is 0 Å². The number of rotatable bonds is 18. The van der Waals surface area contributed by atoms with E-state index in [4.69, 9.17) is 50.1 Å². The fourth-order valence-corrected chi connectivity index (χ4v) is 18.4. The van der Waals surface area contributed by atoms with Gasteiger partial charge in [-0.1, -0.05) is 461 Å². The first kappa shape index (κ1) is 89.1. The molecule has 24 aromatic rings. The van der Waals surface area contributed by atoms with Crippen LogP contribution in [0.4, 0.5) is 0 Å². The van der Waals surface area contributed by atoms with Crippen LogP contribution in [0.5, 0.6) is 0 Å². The van der Waals surface area contributed by atoms with Crippen LogP contribution in [-0.2, 0) is 0 Å². The highest BCUT2D eigenvalue weighted by molar-refractivity contribution is 6.08. The van der Waals surface area contributed by atoms with Crippen molar-refractivity contribution < 1.29 is 0 Å². The summed E-state index contributed by atoms with van der Waals surface area (Å²) in [6, 6.07) is 180. The number of nitrogens with zero attached hydrogens (tertiary/aromatic N) is 12. The smallest absolute Gasteiger partial charge is 0.164 e. The topological polar surface area (TPSA) is 187 Å². The summed E-state index contributed by atoms with van der Waals surface area (Å²) in [5.74, 6) is 5.75. The van der Waals surface area contributed by atoms with E-state index in [9.17, 15) is 10.5 Å². The van der Waals surface area contributed by atoms with Gasteiger partial charge in [-0.15, -0.1) is 0 Å². The highest BCUT2D eigenvalue weighted by Gasteiger charge is 2.22. The van der Waals surface area contributed by atoms with Crippen LogP contribution in [0.25, 0.3) is 235 Å². The third-order valence-electron chi connectivity index (χ3n) is 25.8. The number of hydrogen-bond donors (Lipinski definition) is 0. The standard InChI is InChI=1S/3C44H28N4/c45-29-30-10-9-16-38(28-30)31-18-20-33(21-19-31)40-27-26-32-11-7-8-17-39(32)41(40)34-22-24-37(25-23-34)44-47-42(35-12-3-1-4-13-35)46-43(48-44)36-14-5-2-6-15-36;45-29-30-18-20-32(21-19-30)38-26-27-39(41-17-8-7-16-40(38)41)33-24-22-31(23-25-33)36-14-9-15-37(28-36)44-47-42(34-10-3-1-4-11-34)46-43(48-44)35-12-5-2-6-13-35;45-29-30-18-20-31(21-19-30)32-22-24-33(25-23-32)38-26-27-39(41-17-8-7-16-40(38)41)36-14-9-15-37(28-36)44-47-42(34-10-3-1-4-11-34)46-43(48-44)35-12-5-2-6-13-35/h3*1-28H. The van der Waals surface area contributed by atoms with Crippen molar-refractivity contribution >= 4 is 32.3 Å². The monoisotopic (exact) mass is 1840 g/mol. The number of aromatic nitrogens is 9. The Balaban J connectivity index is 0.000000123. The van der Waals surface area contributed by atoms with Gasteiger partial charge in [-0.2, -0.15) is 15.8 Å². The molecule has 0 aliphatic rings. The van der Waals surface area contributed by atoms with Gasteiger partial charge in [-0.3, -0.25) is 0 Å². The van der Waals surface area contributed by atoms with E-state index >= 15 is 0 Å². The zero-order valence-corrected chi connectivity index (χ0v) is 77.9. The van der Waals surface area contributed by atoms with Gasteiger partial charge < -0.3 is 0 Å². The molecule has 0 atom stereocenters. The van der Waals surface area contributed by atoms with Gasteiger partial charge in [0.1, 0.15) is 0 Å². The molecule has 24 rings (SSSR count). The normalized spacial score (nSPS) is 10.9. The Morgan fingerprint density at radius 1 is 0.125 bits per heavy atom. The van der Waals surface area contributed by atoms with E-state index in [0.29, 0.717) is 69.1 Å². The second-order valence-corrected chi connectivity index (χ2v) is 34.8. The molecule has 0 aliphatic heterocycles. The molecule has 0 saturated carbocycles. The summed E-state index contributed by atoms with van der Waals surface area (Å²) in [4.78, 5) is 44.1. The van der Waals surface area contributed by atoms with E-state index in [-0.39, 0.29) is 0 Å². The van der Waals surface area contributed by atoms with Crippen LogP contribution >= 0.6 is 0 Å². The van der Waals surface area contributed by atoms with E-state index < -0.39 is 0 Å². The number of hydrogen-bond acceptors (Lipinski definition) is 12. The van der Waals surface area contributed by atoms with Crippen LogP contribution in [0.1, 0.15) is 16.7 Å². The van der Waals surface area contributed by atoms with Gasteiger partial charge in [0.15, 0.2) is 52.4 Å². The van der Waals surface area contributed by atoms with Gasteiger partial charge in [0, 0.05) is 50.1 Å². The fraction of sp³-hybridized carbons (Fsp3) is 0. The van der Waals surface area contributed by atoms with Crippen molar-refractivity contribution in [3.63, 3.8) is 0 Å². The molecule has 0 fully saturated rings. The van der Waals surface area contributed by atoms with E-state index in [1.807, 2.05) is 255 Å². The van der Waals surface area contributed by atoms with Crippen molar-refractivity contribution in [3.8, 4) is 221 Å². The summed E-state index contributed by atoms with van der Waals surface area (Å²) in [5.41, 5.74) is 30.6. The summed E-state index contributed by atoms with van der Waals surface area (Å²) < 4.78 is 0. The highest BCUT2D eigenvalue weighted by atomic mass is 15.1. The zero-order chi connectivity index (χ0) is 96.9. The molecule has 0 bridgehead atoms. The highest BCUT2D eigenvalue weighted by Crippen LogP contribution is 2.44. The number of benzene rings is 21. The quantitative estimate of drug-likeness (QED) is 0.0792. The van der Waals surface area contributed by atoms with Gasteiger partial charge in [0.2, 0.25) is 0 Å². The summed E-state index contributed by atoms with van der Waals surface area (Å²) >= 11 is 0. The molecule has 0 amide bonds. The lowest BCUT2D eigenvalue weighted by Gasteiger charge is -2.15. The molecule has 12 heteroatoms. The predicted octanol–water partition coefficient (Wildman–Crippen LogP) is 32.7. The molecule has 12 nitrogen and oxygen atoms in total. The van der Waals surface area contributed by atoms with Crippen LogP contribution in [0.2, 0.25) is 0 Å². The van der Waals surface area contributed by atoms with E-state index in [2.05, 4.69) is 273 Å². The summed E-state index contributed by atoms with van der Waals surface area (Å²) in [7, 11) is 0. The Kier molecular flexibility index (Phi) is 25.4. The summed E-state index contributed by atoms with van der Waals surface area (Å²) in [6.45, 7) is 0. The van der Waals surface area contributed by atoms with Gasteiger partial charge in [0.25, 0.3) is 0 Å².